The van der Waals surface area contributed by atoms with Crippen molar-refractivity contribution < 1.29 is 15.0 Å². The molecule has 1 amide bonds. The second-order valence-electron chi connectivity index (χ2n) is 5.74. The van der Waals surface area contributed by atoms with Gasteiger partial charge in [0.15, 0.2) is 0 Å². The molecule has 4 nitrogen and oxygen atoms in total. The standard InChI is InChI=1S/C20H19NO3/c22-17-7-1-14(2-8-17)3-10-20(24)21-12-11-16-5-4-15-6-9-18(23)13-19(15)16/h1-3,5-10,13,22-23H,4,11-12H2,(H,21,24)/b10-3+. The van der Waals surface area contributed by atoms with Crippen LogP contribution in [-0.2, 0) is 11.2 Å². The fourth-order valence-corrected chi connectivity index (χ4v) is 2.76. The Balaban J connectivity index is 1.50. The Morgan fingerprint density at radius 2 is 1.83 bits per heavy atom. The minimum absolute atomic E-state index is 0.155. The lowest BCUT2D eigenvalue weighted by Crippen LogP contribution is -2.22. The number of amides is 1. The SMILES string of the molecule is O=C(/C=C/c1ccc(O)cc1)NCCC1=CCc2ccc(O)cc21. The number of allylic oxidation sites excluding steroid dienone is 1. The predicted molar refractivity (Wildman–Crippen MR) is 94.6 cm³/mol. The van der Waals surface area contributed by atoms with Crippen LogP contribution in [0.25, 0.3) is 11.6 Å². The maximum atomic E-state index is 11.9. The van der Waals surface area contributed by atoms with Crippen molar-refractivity contribution in [3.8, 4) is 11.5 Å². The Kier molecular flexibility index (Phi) is 4.66. The van der Waals surface area contributed by atoms with Gasteiger partial charge in [0.05, 0.1) is 0 Å². The minimum atomic E-state index is -0.155. The molecule has 0 bridgehead atoms. The number of fused-ring (bicyclic) bond motifs is 1. The number of phenols is 2. The fraction of sp³-hybridized carbons (Fsp3) is 0.150. The zero-order chi connectivity index (χ0) is 16.9. The van der Waals surface area contributed by atoms with E-state index < -0.39 is 0 Å². The molecule has 0 aliphatic heterocycles. The van der Waals surface area contributed by atoms with Crippen molar-refractivity contribution in [2.45, 2.75) is 12.8 Å². The molecule has 122 valence electrons. The number of carbonyl (C=O) groups is 1. The molecule has 2 aromatic rings. The van der Waals surface area contributed by atoms with Gasteiger partial charge in [-0.2, -0.15) is 0 Å². The van der Waals surface area contributed by atoms with Crippen LogP contribution in [0.5, 0.6) is 11.5 Å². The van der Waals surface area contributed by atoms with Crippen LogP contribution in [0, 0.1) is 0 Å². The fourth-order valence-electron chi connectivity index (χ4n) is 2.76. The normalized spacial score (nSPS) is 12.9. The summed E-state index contributed by atoms with van der Waals surface area (Å²) in [5, 5.41) is 21.7. The second-order valence-corrected chi connectivity index (χ2v) is 5.74. The molecule has 0 radical (unpaired) electrons. The van der Waals surface area contributed by atoms with E-state index >= 15 is 0 Å². The van der Waals surface area contributed by atoms with Crippen LogP contribution in [0.1, 0.15) is 23.1 Å². The Morgan fingerprint density at radius 1 is 1.08 bits per heavy atom. The third-order valence-electron chi connectivity index (χ3n) is 4.02. The summed E-state index contributed by atoms with van der Waals surface area (Å²) >= 11 is 0. The van der Waals surface area contributed by atoms with Crippen molar-refractivity contribution in [2.24, 2.45) is 0 Å². The molecule has 0 atom stereocenters. The molecule has 0 unspecified atom stereocenters. The van der Waals surface area contributed by atoms with E-state index in [1.165, 1.54) is 11.6 Å². The quantitative estimate of drug-likeness (QED) is 0.740. The largest absolute Gasteiger partial charge is 0.508 e. The molecular formula is C20H19NO3. The number of hydrogen-bond donors (Lipinski definition) is 3. The third-order valence-corrected chi connectivity index (χ3v) is 4.02. The first-order valence-electron chi connectivity index (χ1n) is 7.88. The predicted octanol–water partition coefficient (Wildman–Crippen LogP) is 3.26. The number of nitrogens with one attached hydrogen (secondary N) is 1. The van der Waals surface area contributed by atoms with E-state index in [2.05, 4.69) is 11.4 Å². The van der Waals surface area contributed by atoms with Crippen LogP contribution in [0.3, 0.4) is 0 Å². The molecule has 1 aliphatic carbocycles. The highest BCUT2D eigenvalue weighted by Gasteiger charge is 2.14. The maximum absolute atomic E-state index is 11.9. The lowest BCUT2D eigenvalue weighted by Gasteiger charge is -2.07. The highest BCUT2D eigenvalue weighted by Crippen LogP contribution is 2.31. The van der Waals surface area contributed by atoms with Crippen molar-refractivity contribution in [1.82, 2.24) is 5.32 Å². The summed E-state index contributed by atoms with van der Waals surface area (Å²) < 4.78 is 0. The summed E-state index contributed by atoms with van der Waals surface area (Å²) in [6.45, 7) is 0.541. The molecule has 0 fully saturated rings. The van der Waals surface area contributed by atoms with Crippen LogP contribution >= 0.6 is 0 Å². The number of rotatable bonds is 5. The highest BCUT2D eigenvalue weighted by atomic mass is 16.3. The van der Waals surface area contributed by atoms with Gasteiger partial charge in [-0.15, -0.1) is 0 Å². The molecule has 0 saturated carbocycles. The second kappa shape index (κ2) is 7.04. The molecule has 2 aromatic carbocycles. The smallest absolute Gasteiger partial charge is 0.244 e. The monoisotopic (exact) mass is 321 g/mol. The van der Waals surface area contributed by atoms with Gasteiger partial charge in [-0.1, -0.05) is 24.3 Å². The Bertz CT molecular complexity index is 804. The number of hydrogen-bond acceptors (Lipinski definition) is 3. The maximum Gasteiger partial charge on any atom is 0.244 e. The van der Waals surface area contributed by atoms with Gasteiger partial charge in [0.1, 0.15) is 11.5 Å². The van der Waals surface area contributed by atoms with E-state index in [1.807, 2.05) is 6.07 Å². The van der Waals surface area contributed by atoms with Crippen LogP contribution in [-0.4, -0.2) is 22.7 Å². The Morgan fingerprint density at radius 3 is 2.62 bits per heavy atom. The first-order valence-corrected chi connectivity index (χ1v) is 7.88. The number of benzene rings is 2. The molecule has 1 aliphatic rings. The van der Waals surface area contributed by atoms with Gasteiger partial charge in [0.25, 0.3) is 0 Å². The van der Waals surface area contributed by atoms with E-state index in [-0.39, 0.29) is 17.4 Å². The summed E-state index contributed by atoms with van der Waals surface area (Å²) in [6, 6.07) is 12.1. The zero-order valence-corrected chi connectivity index (χ0v) is 13.2. The first-order chi connectivity index (χ1) is 11.6. The summed E-state index contributed by atoms with van der Waals surface area (Å²) in [4.78, 5) is 11.9. The zero-order valence-electron chi connectivity index (χ0n) is 13.2. The van der Waals surface area contributed by atoms with Crippen molar-refractivity contribution in [1.29, 1.82) is 0 Å². The third kappa shape index (κ3) is 3.84. The van der Waals surface area contributed by atoms with Gasteiger partial charge < -0.3 is 15.5 Å². The van der Waals surface area contributed by atoms with Crippen LogP contribution < -0.4 is 5.32 Å². The summed E-state index contributed by atoms with van der Waals surface area (Å²) in [6.07, 6.45) is 6.93. The molecule has 3 rings (SSSR count). The van der Waals surface area contributed by atoms with E-state index in [0.29, 0.717) is 6.54 Å². The molecule has 4 heteroatoms. The van der Waals surface area contributed by atoms with E-state index in [9.17, 15) is 15.0 Å². The van der Waals surface area contributed by atoms with Crippen molar-refractivity contribution in [3.05, 3.63) is 71.3 Å². The van der Waals surface area contributed by atoms with Crippen LogP contribution in [0.2, 0.25) is 0 Å². The molecule has 0 spiro atoms. The summed E-state index contributed by atoms with van der Waals surface area (Å²) in [7, 11) is 0. The van der Waals surface area contributed by atoms with E-state index in [1.54, 1.807) is 42.5 Å². The Hall–Kier alpha value is -3.01. The number of carbonyl (C=O) groups excluding carboxylic acids is 1. The van der Waals surface area contributed by atoms with Crippen molar-refractivity contribution in [2.75, 3.05) is 6.54 Å². The van der Waals surface area contributed by atoms with Gasteiger partial charge in [-0.05, 0) is 65.4 Å². The first kappa shape index (κ1) is 15.9. The number of aromatic hydroxyl groups is 2. The Labute approximate surface area is 140 Å². The summed E-state index contributed by atoms with van der Waals surface area (Å²) in [5.74, 6) is 0.313. The number of phenolic OH excluding ortho intramolecular Hbond substituents is 2. The molecule has 0 aromatic heterocycles. The minimum Gasteiger partial charge on any atom is -0.508 e. The molecule has 3 N–H and O–H groups in total. The lowest BCUT2D eigenvalue weighted by atomic mass is 10.0. The molecule has 0 heterocycles. The molecular weight excluding hydrogens is 302 g/mol. The lowest BCUT2D eigenvalue weighted by molar-refractivity contribution is -0.116. The average molecular weight is 321 g/mol. The van der Waals surface area contributed by atoms with E-state index in [4.69, 9.17) is 0 Å². The topological polar surface area (TPSA) is 69.6 Å². The van der Waals surface area contributed by atoms with Crippen LogP contribution in [0.15, 0.2) is 54.6 Å². The molecule has 24 heavy (non-hydrogen) atoms. The van der Waals surface area contributed by atoms with Crippen LogP contribution in [0.4, 0.5) is 0 Å². The van der Waals surface area contributed by atoms with Gasteiger partial charge in [-0.3, -0.25) is 4.79 Å². The van der Waals surface area contributed by atoms with Gasteiger partial charge in [-0.25, -0.2) is 0 Å². The van der Waals surface area contributed by atoms with Crippen molar-refractivity contribution >= 4 is 17.6 Å². The van der Waals surface area contributed by atoms with E-state index in [0.717, 1.165) is 29.5 Å². The average Bonchev–Trinajstić information content (AvgIpc) is 2.97. The van der Waals surface area contributed by atoms with Gasteiger partial charge >= 0.3 is 0 Å². The van der Waals surface area contributed by atoms with Gasteiger partial charge in [0, 0.05) is 12.6 Å². The van der Waals surface area contributed by atoms with Crippen molar-refractivity contribution in [3.63, 3.8) is 0 Å². The highest BCUT2D eigenvalue weighted by molar-refractivity contribution is 5.91. The van der Waals surface area contributed by atoms with Gasteiger partial charge in [0.2, 0.25) is 5.91 Å². The summed E-state index contributed by atoms with van der Waals surface area (Å²) in [5.41, 5.74) is 4.29. The molecule has 0 saturated heterocycles.